The van der Waals surface area contributed by atoms with Gasteiger partial charge in [0.15, 0.2) is 5.65 Å². The minimum absolute atomic E-state index is 0.0577. The fourth-order valence-corrected chi connectivity index (χ4v) is 3.25. The van der Waals surface area contributed by atoms with E-state index in [4.69, 9.17) is 0 Å². The maximum atomic E-state index is 13.2. The summed E-state index contributed by atoms with van der Waals surface area (Å²) in [5.41, 5.74) is 0.756. The number of carbonyl (C=O) groups excluding carboxylic acids is 1. The van der Waals surface area contributed by atoms with Gasteiger partial charge in [0.1, 0.15) is 17.5 Å². The van der Waals surface area contributed by atoms with Gasteiger partial charge in [0.2, 0.25) is 0 Å². The summed E-state index contributed by atoms with van der Waals surface area (Å²) < 4.78 is 16.1. The maximum Gasteiger partial charge on any atom is 0.269 e. The number of nitrogens with one attached hydrogen (secondary N) is 1. The van der Waals surface area contributed by atoms with Crippen LogP contribution in [0.3, 0.4) is 0 Å². The summed E-state index contributed by atoms with van der Waals surface area (Å²) in [7, 11) is 0. The fourth-order valence-electron chi connectivity index (χ4n) is 3.25. The minimum atomic E-state index is -0.499. The van der Waals surface area contributed by atoms with Crippen LogP contribution in [0, 0.1) is 15.9 Å². The molecular formula is C21H17FN6O4. The van der Waals surface area contributed by atoms with Gasteiger partial charge >= 0.3 is 0 Å². The van der Waals surface area contributed by atoms with Crippen molar-refractivity contribution >= 4 is 22.6 Å². The van der Waals surface area contributed by atoms with Gasteiger partial charge in [-0.3, -0.25) is 24.3 Å². The van der Waals surface area contributed by atoms with E-state index in [9.17, 15) is 24.1 Å². The third-order valence-corrected chi connectivity index (χ3v) is 4.79. The van der Waals surface area contributed by atoms with Crippen molar-refractivity contribution in [2.45, 2.75) is 13.1 Å². The number of nitro benzene ring substituents is 1. The van der Waals surface area contributed by atoms with E-state index in [1.54, 1.807) is 12.1 Å². The molecule has 0 spiro atoms. The number of hydrogen-bond donors (Lipinski definition) is 1. The Bertz CT molecular complexity index is 1380. The lowest BCUT2D eigenvalue weighted by Crippen LogP contribution is -2.28. The van der Waals surface area contributed by atoms with E-state index in [1.165, 1.54) is 52.1 Å². The van der Waals surface area contributed by atoms with E-state index in [0.717, 1.165) is 6.07 Å². The molecule has 11 heteroatoms. The number of nitro groups is 1. The number of rotatable bonds is 7. The molecule has 0 aliphatic rings. The molecule has 4 rings (SSSR count). The van der Waals surface area contributed by atoms with E-state index < -0.39 is 16.6 Å². The average molecular weight is 436 g/mol. The molecule has 1 amide bonds. The summed E-state index contributed by atoms with van der Waals surface area (Å²) in [5, 5.41) is 18.1. The number of hydrogen-bond acceptors (Lipinski definition) is 6. The largest absolute Gasteiger partial charge is 0.350 e. The smallest absolute Gasteiger partial charge is 0.269 e. The van der Waals surface area contributed by atoms with Crippen molar-refractivity contribution in [2.24, 2.45) is 0 Å². The third-order valence-electron chi connectivity index (χ3n) is 4.79. The molecule has 10 nitrogen and oxygen atoms in total. The Balaban J connectivity index is 1.47. The first-order valence-corrected chi connectivity index (χ1v) is 9.60. The zero-order chi connectivity index (χ0) is 22.7. The molecule has 0 unspecified atom stereocenters. The summed E-state index contributed by atoms with van der Waals surface area (Å²) in [6.07, 6.45) is 2.75. The normalized spacial score (nSPS) is 10.9. The Labute approximate surface area is 180 Å². The van der Waals surface area contributed by atoms with Gasteiger partial charge in [-0.1, -0.05) is 18.2 Å². The molecule has 1 N–H and O–H groups in total. The van der Waals surface area contributed by atoms with Crippen LogP contribution in [0.1, 0.15) is 15.9 Å². The Morgan fingerprint density at radius 3 is 2.78 bits per heavy atom. The van der Waals surface area contributed by atoms with Gasteiger partial charge in [0.05, 0.1) is 24.2 Å². The quantitative estimate of drug-likeness (QED) is 0.349. The number of carbonyl (C=O) groups is 1. The highest BCUT2D eigenvalue weighted by Crippen LogP contribution is 2.14. The van der Waals surface area contributed by atoms with Gasteiger partial charge in [-0.05, 0) is 23.8 Å². The van der Waals surface area contributed by atoms with E-state index in [2.05, 4.69) is 15.4 Å². The number of aromatic nitrogens is 4. The number of amides is 1. The average Bonchev–Trinajstić information content (AvgIpc) is 3.19. The van der Waals surface area contributed by atoms with Crippen LogP contribution in [0.2, 0.25) is 0 Å². The van der Waals surface area contributed by atoms with Gasteiger partial charge in [-0.15, -0.1) is 0 Å². The topological polar surface area (TPSA) is 125 Å². The van der Waals surface area contributed by atoms with Gasteiger partial charge in [0, 0.05) is 24.2 Å². The Kier molecular flexibility index (Phi) is 5.71. The first kappa shape index (κ1) is 20.8. The number of non-ortho nitro benzene ring substituents is 1. The summed E-state index contributed by atoms with van der Waals surface area (Å²) in [4.78, 5) is 39.6. The zero-order valence-corrected chi connectivity index (χ0v) is 16.6. The summed E-state index contributed by atoms with van der Waals surface area (Å²) in [6, 6.07) is 11.4. The lowest BCUT2D eigenvalue weighted by molar-refractivity contribution is -0.384. The molecule has 0 bridgehead atoms. The molecule has 0 radical (unpaired) electrons. The standard InChI is InChI=1S/C21H17FN6O4/c22-16-5-2-4-15(10-16)20(29)23-7-8-27-19-18(11-25-27)21(30)26(13-24-19)12-14-3-1-6-17(9-14)28(31)32/h1-6,9-11,13H,7-8,12H2,(H,23,29). The Hall–Kier alpha value is -4.41. The van der Waals surface area contributed by atoms with Crippen LogP contribution in [0.4, 0.5) is 10.1 Å². The van der Waals surface area contributed by atoms with Crippen LogP contribution >= 0.6 is 0 Å². The molecule has 0 saturated carbocycles. The highest BCUT2D eigenvalue weighted by molar-refractivity contribution is 5.94. The zero-order valence-electron chi connectivity index (χ0n) is 16.6. The first-order chi connectivity index (χ1) is 15.4. The molecule has 2 heterocycles. The predicted octanol–water partition coefficient (Wildman–Crippen LogP) is 2.12. The van der Waals surface area contributed by atoms with Crippen LogP contribution in [0.15, 0.2) is 65.8 Å². The van der Waals surface area contributed by atoms with Crippen LogP contribution in [0.5, 0.6) is 0 Å². The Morgan fingerprint density at radius 2 is 2.00 bits per heavy atom. The van der Waals surface area contributed by atoms with Crippen molar-refractivity contribution in [3.63, 3.8) is 0 Å². The van der Waals surface area contributed by atoms with Crippen LogP contribution < -0.4 is 10.9 Å². The maximum absolute atomic E-state index is 13.2. The molecule has 0 saturated heterocycles. The highest BCUT2D eigenvalue weighted by Gasteiger charge is 2.12. The van der Waals surface area contributed by atoms with Crippen LogP contribution in [-0.2, 0) is 13.1 Å². The van der Waals surface area contributed by atoms with E-state index in [-0.39, 0.29) is 41.8 Å². The number of benzene rings is 2. The second kappa shape index (κ2) is 8.76. The molecule has 2 aromatic carbocycles. The fraction of sp³-hybridized carbons (Fsp3) is 0.143. The second-order valence-corrected chi connectivity index (χ2v) is 6.98. The van der Waals surface area contributed by atoms with Crippen molar-refractivity contribution in [2.75, 3.05) is 6.54 Å². The predicted molar refractivity (Wildman–Crippen MR) is 113 cm³/mol. The molecule has 0 aliphatic heterocycles. The summed E-state index contributed by atoms with van der Waals surface area (Å²) in [5.74, 6) is -0.922. The summed E-state index contributed by atoms with van der Waals surface area (Å²) in [6.45, 7) is 0.578. The lowest BCUT2D eigenvalue weighted by Gasteiger charge is -2.08. The summed E-state index contributed by atoms with van der Waals surface area (Å²) >= 11 is 0. The molecule has 2 aromatic heterocycles. The molecular weight excluding hydrogens is 419 g/mol. The molecule has 0 atom stereocenters. The number of nitrogens with zero attached hydrogens (tertiary/aromatic N) is 5. The van der Waals surface area contributed by atoms with Gasteiger partial charge in [0.25, 0.3) is 17.2 Å². The van der Waals surface area contributed by atoms with Crippen molar-refractivity contribution in [1.29, 1.82) is 0 Å². The van der Waals surface area contributed by atoms with Crippen LogP contribution in [-0.4, -0.2) is 36.7 Å². The molecule has 0 aliphatic carbocycles. The SMILES string of the molecule is O=C(NCCn1ncc2c(=O)n(Cc3cccc([N+](=O)[O-])c3)cnc21)c1cccc(F)c1. The molecule has 32 heavy (non-hydrogen) atoms. The van der Waals surface area contributed by atoms with Gasteiger partial charge < -0.3 is 5.32 Å². The third kappa shape index (κ3) is 4.36. The van der Waals surface area contributed by atoms with Crippen molar-refractivity contribution < 1.29 is 14.1 Å². The van der Waals surface area contributed by atoms with Crippen molar-refractivity contribution in [1.82, 2.24) is 24.6 Å². The minimum Gasteiger partial charge on any atom is -0.350 e. The highest BCUT2D eigenvalue weighted by atomic mass is 19.1. The van der Waals surface area contributed by atoms with Gasteiger partial charge in [-0.25, -0.2) is 14.1 Å². The van der Waals surface area contributed by atoms with E-state index >= 15 is 0 Å². The van der Waals surface area contributed by atoms with Crippen molar-refractivity contribution in [3.05, 3.63) is 98.5 Å². The van der Waals surface area contributed by atoms with Crippen molar-refractivity contribution in [3.8, 4) is 0 Å². The van der Waals surface area contributed by atoms with E-state index in [1.807, 2.05) is 0 Å². The number of fused-ring (bicyclic) bond motifs is 1. The first-order valence-electron chi connectivity index (χ1n) is 9.60. The number of halogens is 1. The Morgan fingerprint density at radius 1 is 1.19 bits per heavy atom. The lowest BCUT2D eigenvalue weighted by atomic mass is 10.2. The van der Waals surface area contributed by atoms with Crippen LogP contribution in [0.25, 0.3) is 11.0 Å². The molecule has 162 valence electrons. The van der Waals surface area contributed by atoms with Gasteiger partial charge in [-0.2, -0.15) is 5.10 Å². The molecule has 0 fully saturated rings. The monoisotopic (exact) mass is 436 g/mol. The molecule has 4 aromatic rings. The second-order valence-electron chi connectivity index (χ2n) is 6.98. The van der Waals surface area contributed by atoms with E-state index in [0.29, 0.717) is 11.2 Å².